The number of pyridine rings is 1. The summed E-state index contributed by atoms with van der Waals surface area (Å²) in [6.07, 6.45) is 9.11. The van der Waals surface area contributed by atoms with E-state index >= 15 is 0 Å². The molecule has 1 saturated heterocycles. The highest BCUT2D eigenvalue weighted by molar-refractivity contribution is 5.51. The highest BCUT2D eigenvalue weighted by atomic mass is 15.3. The van der Waals surface area contributed by atoms with Gasteiger partial charge in [-0.1, -0.05) is 25.8 Å². The van der Waals surface area contributed by atoms with Gasteiger partial charge in [-0.3, -0.25) is 4.90 Å². The molecule has 2 aliphatic rings. The van der Waals surface area contributed by atoms with Crippen LogP contribution < -0.4 is 16.0 Å². The van der Waals surface area contributed by atoms with E-state index in [2.05, 4.69) is 32.7 Å². The van der Waals surface area contributed by atoms with Crippen LogP contribution in [0.3, 0.4) is 0 Å². The number of nitrogens with zero attached hydrogens (tertiary/aromatic N) is 3. The first-order valence-electron chi connectivity index (χ1n) is 8.85. The van der Waals surface area contributed by atoms with Gasteiger partial charge in [-0.2, -0.15) is 0 Å². The first-order valence-corrected chi connectivity index (χ1v) is 8.85. The maximum absolute atomic E-state index is 5.54. The van der Waals surface area contributed by atoms with Crippen molar-refractivity contribution >= 4 is 11.5 Å². The first-order chi connectivity index (χ1) is 11.2. The van der Waals surface area contributed by atoms with Crippen molar-refractivity contribution in [2.24, 2.45) is 11.7 Å². The number of hydrogen-bond donors (Lipinski definition) is 2. The molecular formula is C18H29N5. The van der Waals surface area contributed by atoms with Gasteiger partial charge < -0.3 is 16.0 Å². The Labute approximate surface area is 139 Å². The number of hydrogen-bond acceptors (Lipinski definition) is 5. The van der Waals surface area contributed by atoms with Crippen molar-refractivity contribution in [2.45, 2.75) is 32.1 Å². The zero-order valence-corrected chi connectivity index (χ0v) is 14.0. The molecule has 0 spiro atoms. The molecule has 0 bridgehead atoms. The molecule has 1 aliphatic heterocycles. The van der Waals surface area contributed by atoms with E-state index in [-0.39, 0.29) is 0 Å². The van der Waals surface area contributed by atoms with E-state index in [0.717, 1.165) is 37.9 Å². The second kappa shape index (κ2) is 7.68. The third-order valence-corrected chi connectivity index (χ3v) is 5.02. The molecule has 1 aliphatic carbocycles. The Morgan fingerprint density at radius 3 is 2.52 bits per heavy atom. The Morgan fingerprint density at radius 2 is 1.91 bits per heavy atom. The van der Waals surface area contributed by atoms with Crippen molar-refractivity contribution in [2.75, 3.05) is 42.9 Å². The van der Waals surface area contributed by atoms with Crippen molar-refractivity contribution in [1.82, 2.24) is 9.88 Å². The van der Waals surface area contributed by atoms with Crippen molar-refractivity contribution in [1.29, 1.82) is 0 Å². The van der Waals surface area contributed by atoms with Crippen LogP contribution in [0.4, 0.5) is 11.5 Å². The highest BCUT2D eigenvalue weighted by Gasteiger charge is 2.21. The monoisotopic (exact) mass is 315 g/mol. The third-order valence-electron chi connectivity index (χ3n) is 5.02. The van der Waals surface area contributed by atoms with Gasteiger partial charge >= 0.3 is 0 Å². The summed E-state index contributed by atoms with van der Waals surface area (Å²) in [5.74, 6) is 2.10. The van der Waals surface area contributed by atoms with Crippen molar-refractivity contribution < 1.29 is 0 Å². The van der Waals surface area contributed by atoms with Gasteiger partial charge in [-0.05, 0) is 30.9 Å². The van der Waals surface area contributed by atoms with E-state index < -0.39 is 0 Å². The van der Waals surface area contributed by atoms with E-state index in [1.165, 1.54) is 44.3 Å². The minimum Gasteiger partial charge on any atom is -0.386 e. The molecule has 3 rings (SSSR count). The average Bonchev–Trinajstić information content (AvgIpc) is 2.57. The number of nitrogens with two attached hydrogens (primary N) is 1. The van der Waals surface area contributed by atoms with Gasteiger partial charge in [0, 0.05) is 32.7 Å². The molecule has 126 valence electrons. The van der Waals surface area contributed by atoms with E-state index in [1.54, 1.807) is 0 Å². The Hall–Kier alpha value is -1.75. The summed E-state index contributed by atoms with van der Waals surface area (Å²) in [5, 5.41) is 2.93. The fraction of sp³-hybridized carbons (Fsp3) is 0.611. The lowest BCUT2D eigenvalue weighted by Crippen LogP contribution is -2.48. The second-order valence-electron chi connectivity index (χ2n) is 6.84. The molecule has 5 nitrogen and oxygen atoms in total. The smallest absolute Gasteiger partial charge is 0.131 e. The predicted molar refractivity (Wildman–Crippen MR) is 96.4 cm³/mol. The van der Waals surface area contributed by atoms with Crippen LogP contribution in [0.5, 0.6) is 0 Å². The normalized spacial score (nSPS) is 20.4. The lowest BCUT2D eigenvalue weighted by molar-refractivity contribution is 0.192. The van der Waals surface area contributed by atoms with Gasteiger partial charge in [-0.25, -0.2) is 4.98 Å². The van der Waals surface area contributed by atoms with Crippen LogP contribution in [0, 0.1) is 5.92 Å². The highest BCUT2D eigenvalue weighted by Crippen LogP contribution is 2.25. The fourth-order valence-electron chi connectivity index (χ4n) is 3.74. The Morgan fingerprint density at radius 1 is 1.17 bits per heavy atom. The van der Waals surface area contributed by atoms with Crippen LogP contribution in [0.25, 0.3) is 0 Å². The zero-order chi connectivity index (χ0) is 16.1. The SMILES string of the molecule is C=C(N)Nc1ccc(N2CCN(CC3CCCCC3)CC2)cn1. The van der Waals surface area contributed by atoms with Crippen LogP contribution in [-0.4, -0.2) is 42.6 Å². The van der Waals surface area contributed by atoms with Crippen LogP contribution >= 0.6 is 0 Å². The molecular weight excluding hydrogens is 286 g/mol. The lowest BCUT2D eigenvalue weighted by Gasteiger charge is -2.38. The van der Waals surface area contributed by atoms with Gasteiger partial charge in [0.25, 0.3) is 0 Å². The van der Waals surface area contributed by atoms with Crippen LogP contribution in [0.2, 0.25) is 0 Å². The number of anilines is 2. The standard InChI is InChI=1S/C18H29N5/c1-15(19)21-18-8-7-17(13-20-18)23-11-9-22(10-12-23)14-16-5-3-2-4-6-16/h7-8,13,16H,1-6,9-12,14,19H2,(H,20,21). The largest absolute Gasteiger partial charge is 0.386 e. The van der Waals surface area contributed by atoms with Gasteiger partial charge in [-0.15, -0.1) is 0 Å². The number of nitrogens with one attached hydrogen (secondary N) is 1. The molecule has 5 heteroatoms. The molecule has 1 aromatic heterocycles. The molecule has 3 N–H and O–H groups in total. The summed E-state index contributed by atoms with van der Waals surface area (Å²) in [5.41, 5.74) is 6.73. The summed E-state index contributed by atoms with van der Waals surface area (Å²) >= 11 is 0. The van der Waals surface area contributed by atoms with Crippen molar-refractivity contribution in [3.63, 3.8) is 0 Å². The number of rotatable bonds is 5. The van der Waals surface area contributed by atoms with Gasteiger partial charge in [0.1, 0.15) is 5.82 Å². The Kier molecular flexibility index (Phi) is 5.39. The maximum Gasteiger partial charge on any atom is 0.131 e. The van der Waals surface area contributed by atoms with E-state index in [0.29, 0.717) is 5.82 Å². The van der Waals surface area contributed by atoms with Gasteiger partial charge in [0.15, 0.2) is 0 Å². The summed E-state index contributed by atoms with van der Waals surface area (Å²) in [6.45, 7) is 9.43. The van der Waals surface area contributed by atoms with Gasteiger partial charge in [0.05, 0.1) is 17.7 Å². The van der Waals surface area contributed by atoms with Crippen molar-refractivity contribution in [3.8, 4) is 0 Å². The number of aromatic nitrogens is 1. The first kappa shape index (κ1) is 16.1. The van der Waals surface area contributed by atoms with Crippen LogP contribution in [0.1, 0.15) is 32.1 Å². The lowest BCUT2D eigenvalue weighted by atomic mass is 9.89. The fourth-order valence-corrected chi connectivity index (χ4v) is 3.74. The third kappa shape index (κ3) is 4.61. The summed E-state index contributed by atoms with van der Waals surface area (Å²) in [6, 6.07) is 4.07. The molecule has 0 radical (unpaired) electrons. The summed E-state index contributed by atoms with van der Waals surface area (Å²) in [4.78, 5) is 9.47. The Balaban J connectivity index is 1.47. The molecule has 0 amide bonds. The number of piperazine rings is 1. The van der Waals surface area contributed by atoms with Crippen LogP contribution in [-0.2, 0) is 0 Å². The molecule has 2 fully saturated rings. The second-order valence-corrected chi connectivity index (χ2v) is 6.84. The average molecular weight is 315 g/mol. The maximum atomic E-state index is 5.54. The predicted octanol–water partition coefficient (Wildman–Crippen LogP) is 2.63. The molecule has 23 heavy (non-hydrogen) atoms. The topological polar surface area (TPSA) is 57.4 Å². The Bertz CT molecular complexity index is 499. The minimum absolute atomic E-state index is 0.418. The summed E-state index contributed by atoms with van der Waals surface area (Å²) < 4.78 is 0. The minimum atomic E-state index is 0.418. The summed E-state index contributed by atoms with van der Waals surface area (Å²) in [7, 11) is 0. The van der Waals surface area contributed by atoms with E-state index in [4.69, 9.17) is 5.73 Å². The molecule has 0 atom stereocenters. The molecule has 1 aromatic rings. The van der Waals surface area contributed by atoms with Gasteiger partial charge in [0.2, 0.25) is 0 Å². The van der Waals surface area contributed by atoms with Crippen molar-refractivity contribution in [3.05, 3.63) is 30.7 Å². The van der Waals surface area contributed by atoms with Crippen LogP contribution in [0.15, 0.2) is 30.7 Å². The quantitative estimate of drug-likeness (QED) is 0.875. The molecule has 1 saturated carbocycles. The zero-order valence-electron chi connectivity index (χ0n) is 14.0. The molecule has 0 aromatic carbocycles. The van der Waals surface area contributed by atoms with E-state index in [1.807, 2.05) is 12.3 Å². The molecule has 0 unspecified atom stereocenters. The molecule has 2 heterocycles. The van der Waals surface area contributed by atoms with E-state index in [9.17, 15) is 0 Å².